The minimum Gasteiger partial charge on any atom is -0.350 e. The van der Waals surface area contributed by atoms with Gasteiger partial charge in [-0.05, 0) is 92.4 Å². The third-order valence-electron chi connectivity index (χ3n) is 6.66. The first-order valence-electron chi connectivity index (χ1n) is 9.26. The molecule has 1 atom stereocenters. The van der Waals surface area contributed by atoms with Gasteiger partial charge in [0.15, 0.2) is 0 Å². The molecule has 0 aromatic heterocycles. The first-order valence-corrected chi connectivity index (χ1v) is 9.64. The molecule has 4 aliphatic rings. The van der Waals surface area contributed by atoms with Crippen molar-refractivity contribution in [3.05, 3.63) is 40.9 Å². The van der Waals surface area contributed by atoms with E-state index in [9.17, 15) is 4.79 Å². The van der Waals surface area contributed by atoms with Crippen molar-refractivity contribution in [1.82, 2.24) is 5.32 Å². The van der Waals surface area contributed by atoms with E-state index in [0.29, 0.717) is 10.4 Å². The molecule has 2 nitrogen and oxygen atoms in total. The summed E-state index contributed by atoms with van der Waals surface area (Å²) >= 11 is 5.89. The van der Waals surface area contributed by atoms with Crippen LogP contribution in [0.4, 0.5) is 0 Å². The van der Waals surface area contributed by atoms with Gasteiger partial charge in [-0.2, -0.15) is 0 Å². The lowest BCUT2D eigenvalue weighted by Gasteiger charge is -2.59. The van der Waals surface area contributed by atoms with Gasteiger partial charge in [0.05, 0.1) is 0 Å². The lowest BCUT2D eigenvalue weighted by molar-refractivity contribution is -0.121. The molecule has 4 aliphatic carbocycles. The molecule has 3 heteroatoms. The Balaban J connectivity index is 1.39. The zero-order chi connectivity index (χ0) is 16.7. The first kappa shape index (κ1) is 16.2. The SMILES string of the molecule is C[C@@H](NC(=O)/C=C/c1ccc(Cl)cc1)C12CC3CC(CC(C3)C1)C2. The number of amides is 1. The minimum atomic E-state index is 0.0215. The second kappa shape index (κ2) is 6.22. The fourth-order valence-corrected chi connectivity index (χ4v) is 5.99. The average Bonchev–Trinajstić information content (AvgIpc) is 2.53. The van der Waals surface area contributed by atoms with Crippen LogP contribution in [0.5, 0.6) is 0 Å². The molecule has 4 saturated carbocycles. The molecular formula is C21H26ClNO. The quantitative estimate of drug-likeness (QED) is 0.759. The first-order chi connectivity index (χ1) is 11.5. The molecule has 1 N–H and O–H groups in total. The number of hydrogen-bond acceptors (Lipinski definition) is 1. The van der Waals surface area contributed by atoms with Gasteiger partial charge in [0.1, 0.15) is 0 Å². The van der Waals surface area contributed by atoms with Crippen LogP contribution in [-0.4, -0.2) is 11.9 Å². The van der Waals surface area contributed by atoms with Gasteiger partial charge in [0.25, 0.3) is 0 Å². The maximum absolute atomic E-state index is 12.4. The smallest absolute Gasteiger partial charge is 0.244 e. The fourth-order valence-electron chi connectivity index (χ4n) is 5.87. The third kappa shape index (κ3) is 3.13. The van der Waals surface area contributed by atoms with Crippen molar-refractivity contribution in [2.24, 2.45) is 23.2 Å². The van der Waals surface area contributed by atoms with E-state index in [2.05, 4.69) is 12.2 Å². The molecule has 0 radical (unpaired) electrons. The number of carbonyl (C=O) groups is 1. The van der Waals surface area contributed by atoms with Crippen LogP contribution in [0.15, 0.2) is 30.3 Å². The summed E-state index contributed by atoms with van der Waals surface area (Å²) in [4.78, 5) is 12.4. The monoisotopic (exact) mass is 343 g/mol. The molecule has 1 aromatic rings. The van der Waals surface area contributed by atoms with Crippen LogP contribution in [0, 0.1) is 23.2 Å². The van der Waals surface area contributed by atoms with Gasteiger partial charge in [-0.3, -0.25) is 4.79 Å². The Labute approximate surface area is 149 Å². The predicted octanol–water partition coefficient (Wildman–Crippen LogP) is 5.07. The standard InChI is InChI=1S/C21H26ClNO/c1-14(21-11-16-8-17(12-21)10-18(9-16)13-21)23-20(24)7-4-15-2-5-19(22)6-3-15/h2-7,14,16-18H,8-13H2,1H3,(H,23,24)/b7-4+/t14-,16?,17?,18?,21?/m1/s1. The van der Waals surface area contributed by atoms with E-state index in [1.165, 1.54) is 38.5 Å². The van der Waals surface area contributed by atoms with Gasteiger partial charge in [-0.1, -0.05) is 23.7 Å². The molecule has 1 amide bonds. The highest BCUT2D eigenvalue weighted by Gasteiger charge is 2.53. The van der Waals surface area contributed by atoms with Gasteiger partial charge >= 0.3 is 0 Å². The van der Waals surface area contributed by atoms with Crippen LogP contribution in [0.2, 0.25) is 5.02 Å². The molecule has 1 aromatic carbocycles. The second-order valence-electron chi connectivity index (χ2n) is 8.40. The van der Waals surface area contributed by atoms with Crippen LogP contribution in [0.25, 0.3) is 6.08 Å². The van der Waals surface area contributed by atoms with Crippen molar-refractivity contribution in [3.63, 3.8) is 0 Å². The van der Waals surface area contributed by atoms with E-state index in [-0.39, 0.29) is 11.9 Å². The number of rotatable bonds is 4. The predicted molar refractivity (Wildman–Crippen MR) is 98.7 cm³/mol. The van der Waals surface area contributed by atoms with Crippen LogP contribution < -0.4 is 5.32 Å². The Kier molecular flexibility index (Phi) is 4.20. The summed E-state index contributed by atoms with van der Waals surface area (Å²) < 4.78 is 0. The topological polar surface area (TPSA) is 29.1 Å². The van der Waals surface area contributed by atoms with Crippen molar-refractivity contribution < 1.29 is 4.79 Å². The Bertz CT molecular complexity index is 613. The van der Waals surface area contributed by atoms with Crippen LogP contribution in [0.1, 0.15) is 51.0 Å². The highest BCUT2D eigenvalue weighted by molar-refractivity contribution is 6.30. The maximum Gasteiger partial charge on any atom is 0.244 e. The molecule has 4 fully saturated rings. The van der Waals surface area contributed by atoms with Gasteiger partial charge in [0.2, 0.25) is 5.91 Å². The molecule has 0 heterocycles. The van der Waals surface area contributed by atoms with Crippen LogP contribution in [-0.2, 0) is 4.79 Å². The maximum atomic E-state index is 12.4. The van der Waals surface area contributed by atoms with Gasteiger partial charge in [-0.15, -0.1) is 0 Å². The molecule has 0 aliphatic heterocycles. The summed E-state index contributed by atoms with van der Waals surface area (Å²) in [6.07, 6.45) is 11.8. The van der Waals surface area contributed by atoms with Crippen molar-refractivity contribution in [3.8, 4) is 0 Å². The third-order valence-corrected chi connectivity index (χ3v) is 6.91. The van der Waals surface area contributed by atoms with Crippen molar-refractivity contribution >= 4 is 23.6 Å². The summed E-state index contributed by atoms with van der Waals surface area (Å²) in [7, 11) is 0. The van der Waals surface area contributed by atoms with E-state index < -0.39 is 0 Å². The highest BCUT2D eigenvalue weighted by Crippen LogP contribution is 2.61. The van der Waals surface area contributed by atoms with E-state index in [4.69, 9.17) is 11.6 Å². The molecule has 0 unspecified atom stereocenters. The molecule has 128 valence electrons. The Morgan fingerprint density at radius 3 is 2.21 bits per heavy atom. The molecular weight excluding hydrogens is 318 g/mol. The van der Waals surface area contributed by atoms with Crippen molar-refractivity contribution in [1.29, 1.82) is 0 Å². The molecule has 24 heavy (non-hydrogen) atoms. The summed E-state index contributed by atoms with van der Waals surface area (Å²) in [6.45, 7) is 2.22. The van der Waals surface area contributed by atoms with Gasteiger partial charge in [-0.25, -0.2) is 0 Å². The number of halogens is 1. The molecule has 4 bridgehead atoms. The second-order valence-corrected chi connectivity index (χ2v) is 8.83. The van der Waals surface area contributed by atoms with E-state index in [0.717, 1.165) is 23.3 Å². The average molecular weight is 344 g/mol. The Morgan fingerprint density at radius 1 is 1.12 bits per heavy atom. The lowest BCUT2D eigenvalue weighted by atomic mass is 9.48. The van der Waals surface area contributed by atoms with Crippen molar-refractivity contribution in [2.45, 2.75) is 51.5 Å². The number of hydrogen-bond donors (Lipinski definition) is 1. The zero-order valence-corrected chi connectivity index (χ0v) is 15.1. The van der Waals surface area contributed by atoms with E-state index in [1.54, 1.807) is 6.08 Å². The Morgan fingerprint density at radius 2 is 1.67 bits per heavy atom. The summed E-state index contributed by atoms with van der Waals surface area (Å²) in [5, 5.41) is 3.98. The zero-order valence-electron chi connectivity index (χ0n) is 14.3. The number of carbonyl (C=O) groups excluding carboxylic acids is 1. The summed E-state index contributed by atoms with van der Waals surface area (Å²) in [6, 6.07) is 7.81. The number of nitrogens with one attached hydrogen (secondary N) is 1. The minimum absolute atomic E-state index is 0.0215. The molecule has 5 rings (SSSR count). The number of benzene rings is 1. The van der Waals surface area contributed by atoms with Crippen LogP contribution >= 0.6 is 11.6 Å². The van der Waals surface area contributed by atoms with Gasteiger partial charge < -0.3 is 5.32 Å². The normalized spacial score (nSPS) is 35.3. The Hall–Kier alpha value is -1.28. The lowest BCUT2D eigenvalue weighted by Crippen LogP contribution is -2.55. The van der Waals surface area contributed by atoms with E-state index in [1.807, 2.05) is 30.3 Å². The summed E-state index contributed by atoms with van der Waals surface area (Å²) in [5.74, 6) is 2.77. The van der Waals surface area contributed by atoms with Crippen molar-refractivity contribution in [2.75, 3.05) is 0 Å². The molecule has 0 spiro atoms. The summed E-state index contributed by atoms with van der Waals surface area (Å²) in [5.41, 5.74) is 1.36. The largest absolute Gasteiger partial charge is 0.350 e. The molecule has 0 saturated heterocycles. The fraction of sp³-hybridized carbons (Fsp3) is 0.571. The van der Waals surface area contributed by atoms with Gasteiger partial charge in [0, 0.05) is 17.1 Å². The van der Waals surface area contributed by atoms with Crippen LogP contribution in [0.3, 0.4) is 0 Å². The van der Waals surface area contributed by atoms with E-state index >= 15 is 0 Å². The highest BCUT2D eigenvalue weighted by atomic mass is 35.5.